The smallest absolute Gasteiger partial charge is 0.328 e. The molecule has 0 aliphatic carbocycles. The summed E-state index contributed by atoms with van der Waals surface area (Å²) in [4.78, 5) is 24.6. The molecule has 1 atom stereocenters. The van der Waals surface area contributed by atoms with E-state index in [0.717, 1.165) is 5.56 Å². The lowest BCUT2D eigenvalue weighted by atomic mass is 10.1. The van der Waals surface area contributed by atoms with E-state index in [0.29, 0.717) is 11.9 Å². The summed E-state index contributed by atoms with van der Waals surface area (Å²) < 4.78 is 6.31. The molecule has 0 saturated heterocycles. The van der Waals surface area contributed by atoms with Gasteiger partial charge in [0.25, 0.3) is 5.91 Å². The molecule has 1 unspecified atom stereocenters. The first-order valence-electron chi connectivity index (χ1n) is 7.65. The lowest BCUT2D eigenvalue weighted by molar-refractivity contribution is -0.142. The van der Waals surface area contributed by atoms with Gasteiger partial charge in [-0.05, 0) is 17.7 Å². The second-order valence-electron chi connectivity index (χ2n) is 5.43. The number of aromatic nitrogens is 2. The quantitative estimate of drug-likeness (QED) is 0.712. The fourth-order valence-corrected chi connectivity index (χ4v) is 2.80. The van der Waals surface area contributed by atoms with Gasteiger partial charge in [-0.25, -0.2) is 9.31 Å². The highest BCUT2D eigenvalue weighted by molar-refractivity contribution is 6.36. The van der Waals surface area contributed by atoms with Gasteiger partial charge in [0.2, 0.25) is 0 Å². The lowest BCUT2D eigenvalue weighted by Crippen LogP contribution is -2.43. The Morgan fingerprint density at radius 3 is 2.60 bits per heavy atom. The zero-order valence-electron chi connectivity index (χ0n) is 13.5. The third-order valence-electron chi connectivity index (χ3n) is 3.77. The maximum atomic E-state index is 12.6. The molecule has 25 heavy (non-hydrogen) atoms. The van der Waals surface area contributed by atoms with Crippen LogP contribution in [0, 0.1) is 0 Å². The number of ether oxygens (including phenoxy) is 1. The van der Waals surface area contributed by atoms with E-state index >= 15 is 0 Å². The third-order valence-corrected chi connectivity index (χ3v) is 4.14. The highest BCUT2D eigenvalue weighted by atomic mass is 35.5. The predicted molar refractivity (Wildman–Crippen MR) is 93.6 cm³/mol. The number of hydrogen-bond donors (Lipinski definition) is 1. The van der Waals surface area contributed by atoms with Crippen molar-refractivity contribution < 1.29 is 14.3 Å². The summed E-state index contributed by atoms with van der Waals surface area (Å²) in [7, 11) is 1.28. The van der Waals surface area contributed by atoms with Crippen LogP contribution in [-0.2, 0) is 16.0 Å². The van der Waals surface area contributed by atoms with Crippen molar-refractivity contribution in [3.05, 3.63) is 71.0 Å². The molecule has 0 radical (unpaired) electrons. The van der Waals surface area contributed by atoms with Crippen LogP contribution in [0.15, 0.2) is 54.7 Å². The van der Waals surface area contributed by atoms with Crippen LogP contribution in [0.25, 0.3) is 5.52 Å². The maximum absolute atomic E-state index is 12.6. The van der Waals surface area contributed by atoms with E-state index < -0.39 is 17.9 Å². The molecule has 3 rings (SSSR count). The first kappa shape index (κ1) is 17.0. The Morgan fingerprint density at radius 2 is 1.92 bits per heavy atom. The average molecular weight is 358 g/mol. The number of halogens is 1. The van der Waals surface area contributed by atoms with Crippen molar-refractivity contribution in [1.29, 1.82) is 0 Å². The van der Waals surface area contributed by atoms with Crippen LogP contribution < -0.4 is 5.32 Å². The molecule has 0 fully saturated rings. The number of methoxy groups -OCH3 is 1. The van der Waals surface area contributed by atoms with Crippen LogP contribution in [0.5, 0.6) is 0 Å². The zero-order valence-corrected chi connectivity index (χ0v) is 14.2. The number of esters is 1. The van der Waals surface area contributed by atoms with E-state index in [1.54, 1.807) is 24.4 Å². The van der Waals surface area contributed by atoms with Crippen molar-refractivity contribution in [2.75, 3.05) is 7.11 Å². The molecule has 0 aliphatic heterocycles. The minimum absolute atomic E-state index is 0.0647. The van der Waals surface area contributed by atoms with Crippen molar-refractivity contribution in [1.82, 2.24) is 14.9 Å². The number of nitrogens with zero attached hydrogens (tertiary/aromatic N) is 2. The van der Waals surface area contributed by atoms with Crippen molar-refractivity contribution in [3.63, 3.8) is 0 Å². The van der Waals surface area contributed by atoms with E-state index in [9.17, 15) is 9.59 Å². The van der Waals surface area contributed by atoms with Gasteiger partial charge in [0, 0.05) is 12.6 Å². The Bertz CT molecular complexity index is 908. The molecule has 2 aromatic heterocycles. The summed E-state index contributed by atoms with van der Waals surface area (Å²) in [5.41, 5.74) is 1.58. The van der Waals surface area contributed by atoms with E-state index in [1.807, 2.05) is 30.3 Å². The van der Waals surface area contributed by atoms with Crippen LogP contribution >= 0.6 is 11.6 Å². The fourth-order valence-electron chi connectivity index (χ4n) is 2.53. The Balaban J connectivity index is 1.84. The molecule has 3 aromatic rings. The molecule has 128 valence electrons. The predicted octanol–water partition coefficient (Wildman–Crippen LogP) is 2.50. The first-order chi connectivity index (χ1) is 12.1. The highest BCUT2D eigenvalue weighted by Crippen LogP contribution is 2.21. The first-order valence-corrected chi connectivity index (χ1v) is 8.03. The molecule has 2 heterocycles. The lowest BCUT2D eigenvalue weighted by Gasteiger charge is -2.16. The van der Waals surface area contributed by atoms with E-state index in [1.165, 1.54) is 11.6 Å². The van der Waals surface area contributed by atoms with Gasteiger partial charge in [0.15, 0.2) is 5.69 Å². The van der Waals surface area contributed by atoms with Gasteiger partial charge in [0.05, 0.1) is 17.6 Å². The number of amides is 1. The normalized spacial score (nSPS) is 11.9. The molecule has 6 nitrogen and oxygen atoms in total. The number of pyridine rings is 1. The zero-order chi connectivity index (χ0) is 17.8. The largest absolute Gasteiger partial charge is 0.467 e. The summed E-state index contributed by atoms with van der Waals surface area (Å²) in [5, 5.41) is 7.08. The topological polar surface area (TPSA) is 72.7 Å². The molecule has 0 saturated carbocycles. The summed E-state index contributed by atoms with van der Waals surface area (Å²) in [6, 6.07) is 13.9. The van der Waals surface area contributed by atoms with Gasteiger partial charge in [-0.15, -0.1) is 0 Å². The van der Waals surface area contributed by atoms with Crippen LogP contribution in [0.3, 0.4) is 0 Å². The molecule has 7 heteroatoms. The van der Waals surface area contributed by atoms with Crippen molar-refractivity contribution in [3.8, 4) is 0 Å². The van der Waals surface area contributed by atoms with Crippen molar-refractivity contribution >= 4 is 29.0 Å². The Hall–Kier alpha value is -2.86. The summed E-state index contributed by atoms with van der Waals surface area (Å²) >= 11 is 6.25. The number of carbonyl (C=O) groups excluding carboxylic acids is 2. The van der Waals surface area contributed by atoms with Gasteiger partial charge < -0.3 is 10.1 Å². The number of nitrogens with one attached hydrogen (secondary N) is 1. The van der Waals surface area contributed by atoms with E-state index in [4.69, 9.17) is 16.3 Å². The summed E-state index contributed by atoms with van der Waals surface area (Å²) in [6.45, 7) is 0. The molecular weight excluding hydrogens is 342 g/mol. The molecular formula is C18H16ClN3O3. The van der Waals surface area contributed by atoms with Crippen LogP contribution in [0.2, 0.25) is 5.02 Å². The van der Waals surface area contributed by atoms with E-state index in [-0.39, 0.29) is 10.7 Å². The summed E-state index contributed by atoms with van der Waals surface area (Å²) in [6.07, 6.45) is 2.00. The molecule has 1 N–H and O–H groups in total. The minimum atomic E-state index is -0.833. The standard InChI is InChI=1S/C18H16ClN3O3/c1-25-18(24)13(11-12-7-3-2-4-8-12)20-17(23)16-15(19)14-9-5-6-10-22(14)21-16/h2-10,13H,11H2,1H3,(H,20,23). The molecule has 0 spiro atoms. The van der Waals surface area contributed by atoms with Gasteiger partial charge in [-0.3, -0.25) is 4.79 Å². The monoisotopic (exact) mass is 357 g/mol. The van der Waals surface area contributed by atoms with E-state index in [2.05, 4.69) is 10.4 Å². The van der Waals surface area contributed by atoms with Crippen LogP contribution in [0.1, 0.15) is 16.1 Å². The molecule has 1 aromatic carbocycles. The SMILES string of the molecule is COC(=O)C(Cc1ccccc1)NC(=O)c1nn2ccccc2c1Cl. The van der Waals surface area contributed by atoms with Crippen molar-refractivity contribution in [2.45, 2.75) is 12.5 Å². The highest BCUT2D eigenvalue weighted by Gasteiger charge is 2.25. The molecule has 1 amide bonds. The minimum Gasteiger partial charge on any atom is -0.467 e. The second-order valence-corrected chi connectivity index (χ2v) is 5.81. The number of benzene rings is 1. The van der Waals surface area contributed by atoms with Gasteiger partial charge in [-0.1, -0.05) is 48.0 Å². The molecule has 0 aliphatic rings. The van der Waals surface area contributed by atoms with Gasteiger partial charge >= 0.3 is 5.97 Å². The average Bonchev–Trinajstić information content (AvgIpc) is 2.98. The Morgan fingerprint density at radius 1 is 1.20 bits per heavy atom. The number of carbonyl (C=O) groups is 2. The van der Waals surface area contributed by atoms with Gasteiger partial charge in [0.1, 0.15) is 6.04 Å². The number of fused-ring (bicyclic) bond motifs is 1. The second kappa shape index (κ2) is 7.36. The summed E-state index contributed by atoms with van der Waals surface area (Å²) in [5.74, 6) is -1.06. The maximum Gasteiger partial charge on any atom is 0.328 e. The van der Waals surface area contributed by atoms with Gasteiger partial charge in [-0.2, -0.15) is 5.10 Å². The molecule has 0 bridgehead atoms. The van der Waals surface area contributed by atoms with Crippen LogP contribution in [0.4, 0.5) is 0 Å². The van der Waals surface area contributed by atoms with Crippen LogP contribution in [-0.4, -0.2) is 34.6 Å². The number of rotatable bonds is 5. The third kappa shape index (κ3) is 3.64. The fraction of sp³-hybridized carbons (Fsp3) is 0.167. The van der Waals surface area contributed by atoms with Crippen molar-refractivity contribution in [2.24, 2.45) is 0 Å². The Kier molecular flexibility index (Phi) is 5.00. The number of hydrogen-bond acceptors (Lipinski definition) is 4. The Labute approximate surface area is 149 Å².